The van der Waals surface area contributed by atoms with Gasteiger partial charge in [-0.05, 0) is 30.5 Å². The molecule has 0 bridgehead atoms. The molecule has 4 aromatic rings. The summed E-state index contributed by atoms with van der Waals surface area (Å²) in [5.41, 5.74) is 3.20. The van der Waals surface area contributed by atoms with Gasteiger partial charge in [0.25, 0.3) is 0 Å². The van der Waals surface area contributed by atoms with Crippen LogP contribution in [0, 0.1) is 0 Å². The van der Waals surface area contributed by atoms with E-state index in [2.05, 4.69) is 14.9 Å². The van der Waals surface area contributed by atoms with E-state index in [9.17, 15) is 4.79 Å². The van der Waals surface area contributed by atoms with Crippen LogP contribution < -0.4 is 9.47 Å². The van der Waals surface area contributed by atoms with E-state index in [0.717, 1.165) is 47.2 Å². The van der Waals surface area contributed by atoms with Crippen LogP contribution in [0.2, 0.25) is 0 Å². The molecule has 0 saturated carbocycles. The average Bonchev–Trinajstić information content (AvgIpc) is 3.52. The van der Waals surface area contributed by atoms with Crippen LogP contribution >= 0.6 is 0 Å². The third kappa shape index (κ3) is 4.70. The number of furan rings is 1. The van der Waals surface area contributed by atoms with Gasteiger partial charge in [-0.3, -0.25) is 9.69 Å². The van der Waals surface area contributed by atoms with Crippen LogP contribution in [0.1, 0.15) is 19.3 Å². The van der Waals surface area contributed by atoms with Gasteiger partial charge < -0.3 is 18.6 Å². The summed E-state index contributed by atoms with van der Waals surface area (Å²) in [5, 5.41) is 0.719. The first-order chi connectivity index (χ1) is 17.2. The Labute approximate surface area is 203 Å². The van der Waals surface area contributed by atoms with Gasteiger partial charge in [-0.2, -0.15) is 0 Å². The van der Waals surface area contributed by atoms with E-state index in [1.807, 2.05) is 54.6 Å². The summed E-state index contributed by atoms with van der Waals surface area (Å²) in [4.78, 5) is 22.7. The van der Waals surface area contributed by atoms with E-state index >= 15 is 0 Å². The van der Waals surface area contributed by atoms with Crippen molar-refractivity contribution in [2.24, 2.45) is 0 Å². The highest BCUT2D eigenvalue weighted by Crippen LogP contribution is 2.44. The number of fused-ring (bicyclic) bond motifs is 1. The zero-order valence-electron chi connectivity index (χ0n) is 19.8. The minimum absolute atomic E-state index is 0.198. The number of carbonyl (C=O) groups excluding carboxylic acids is 1. The van der Waals surface area contributed by atoms with Crippen LogP contribution in [0.4, 0.5) is 0 Å². The zero-order chi connectivity index (χ0) is 24.2. The number of esters is 1. The molecule has 8 nitrogen and oxygen atoms in total. The monoisotopic (exact) mass is 473 g/mol. The molecular weight excluding hydrogens is 446 g/mol. The Morgan fingerprint density at radius 1 is 1.06 bits per heavy atom. The molecule has 1 fully saturated rings. The predicted octanol–water partition coefficient (Wildman–Crippen LogP) is 4.93. The second-order valence-corrected chi connectivity index (χ2v) is 8.34. The van der Waals surface area contributed by atoms with E-state index in [4.69, 9.17) is 18.6 Å². The summed E-state index contributed by atoms with van der Waals surface area (Å²) in [6, 6.07) is 17.7. The first-order valence-corrected chi connectivity index (χ1v) is 11.6. The topological polar surface area (TPSA) is 86.9 Å². The van der Waals surface area contributed by atoms with Crippen molar-refractivity contribution in [3.05, 3.63) is 60.9 Å². The van der Waals surface area contributed by atoms with Gasteiger partial charge in [0.1, 0.15) is 23.2 Å². The number of hydrogen-bond donors (Lipinski definition) is 0. The van der Waals surface area contributed by atoms with Crippen LogP contribution in [-0.2, 0) is 9.53 Å². The number of hydrogen-bond acceptors (Lipinski definition) is 8. The van der Waals surface area contributed by atoms with Crippen LogP contribution in [-0.4, -0.2) is 54.4 Å². The fourth-order valence-corrected chi connectivity index (χ4v) is 4.47. The quantitative estimate of drug-likeness (QED) is 0.333. The van der Waals surface area contributed by atoms with Crippen LogP contribution in [0.15, 0.2) is 65.3 Å². The summed E-state index contributed by atoms with van der Waals surface area (Å²) in [7, 11) is 3.05. The maximum Gasteiger partial charge on any atom is 0.306 e. The molecule has 1 unspecified atom stereocenters. The van der Waals surface area contributed by atoms with E-state index < -0.39 is 0 Å². The molecule has 3 heterocycles. The molecule has 2 aromatic heterocycles. The third-order valence-corrected chi connectivity index (χ3v) is 6.25. The molecule has 180 valence electrons. The molecule has 8 heteroatoms. The third-order valence-electron chi connectivity index (χ3n) is 6.25. The summed E-state index contributed by atoms with van der Waals surface area (Å²) < 4.78 is 22.9. The number of likely N-dealkylation sites (tertiary alicyclic amines) is 1. The molecule has 0 spiro atoms. The number of carbonyl (C=O) groups is 1. The minimum Gasteiger partial charge on any atom is -0.497 e. The fourth-order valence-electron chi connectivity index (χ4n) is 4.47. The minimum atomic E-state index is -0.232. The molecule has 2 aromatic carbocycles. The number of aromatic nitrogens is 2. The molecule has 1 aliphatic heterocycles. The standard InChI is InChI=1S/C27H27N3O5/c1-32-20-12-10-18(11-13-20)23-24-26(34-21-9-6-15-30(21)16-14-22(31)33-2)28-17-29-27(24)35-25(23)19-7-4-3-5-8-19/h3-5,7-8,10-13,17,21H,6,9,14-16H2,1-2H3. The molecule has 1 saturated heterocycles. The summed E-state index contributed by atoms with van der Waals surface area (Å²) >= 11 is 0. The van der Waals surface area contributed by atoms with Gasteiger partial charge in [0.05, 0.1) is 20.6 Å². The highest BCUT2D eigenvalue weighted by atomic mass is 16.5. The highest BCUT2D eigenvalue weighted by molar-refractivity contribution is 6.03. The molecule has 1 atom stereocenters. The summed E-state index contributed by atoms with van der Waals surface area (Å²) in [5.74, 6) is 1.69. The van der Waals surface area contributed by atoms with Gasteiger partial charge in [0.2, 0.25) is 11.6 Å². The lowest BCUT2D eigenvalue weighted by molar-refractivity contribution is -0.141. The van der Waals surface area contributed by atoms with Crippen molar-refractivity contribution in [1.82, 2.24) is 14.9 Å². The van der Waals surface area contributed by atoms with E-state index in [-0.39, 0.29) is 12.2 Å². The lowest BCUT2D eigenvalue weighted by atomic mass is 9.99. The van der Waals surface area contributed by atoms with Gasteiger partial charge >= 0.3 is 5.97 Å². The summed E-state index contributed by atoms with van der Waals surface area (Å²) in [6.07, 6.45) is 3.40. The molecule has 0 radical (unpaired) electrons. The van der Waals surface area contributed by atoms with Crippen molar-refractivity contribution in [3.63, 3.8) is 0 Å². The van der Waals surface area contributed by atoms with Crippen molar-refractivity contribution >= 4 is 17.1 Å². The van der Waals surface area contributed by atoms with Gasteiger partial charge in [0.15, 0.2) is 6.23 Å². The number of rotatable bonds is 8. The molecule has 35 heavy (non-hydrogen) atoms. The molecular formula is C27H27N3O5. The number of methoxy groups -OCH3 is 2. The van der Waals surface area contributed by atoms with Crippen LogP contribution in [0.3, 0.4) is 0 Å². The highest BCUT2D eigenvalue weighted by Gasteiger charge is 2.30. The van der Waals surface area contributed by atoms with E-state index in [1.54, 1.807) is 7.11 Å². The van der Waals surface area contributed by atoms with Crippen molar-refractivity contribution in [2.45, 2.75) is 25.5 Å². The van der Waals surface area contributed by atoms with E-state index in [0.29, 0.717) is 30.3 Å². The van der Waals surface area contributed by atoms with Crippen molar-refractivity contribution in [3.8, 4) is 34.1 Å². The molecule has 0 aliphatic carbocycles. The van der Waals surface area contributed by atoms with Gasteiger partial charge in [-0.15, -0.1) is 0 Å². The SMILES string of the molecule is COC(=O)CCN1CCCC1Oc1ncnc2oc(-c3ccccc3)c(-c3ccc(OC)cc3)c12. The maximum atomic E-state index is 11.7. The Hall–Kier alpha value is -3.91. The fraction of sp³-hybridized carbons (Fsp3) is 0.296. The first-order valence-electron chi connectivity index (χ1n) is 11.6. The second kappa shape index (κ2) is 10.1. The van der Waals surface area contributed by atoms with Gasteiger partial charge in [-0.1, -0.05) is 42.5 Å². The molecule has 0 amide bonds. The predicted molar refractivity (Wildman–Crippen MR) is 131 cm³/mol. The molecule has 0 N–H and O–H groups in total. The smallest absolute Gasteiger partial charge is 0.306 e. The second-order valence-electron chi connectivity index (χ2n) is 8.34. The van der Waals surface area contributed by atoms with Crippen LogP contribution in [0.5, 0.6) is 11.6 Å². The Morgan fingerprint density at radius 2 is 1.86 bits per heavy atom. The van der Waals surface area contributed by atoms with Crippen molar-refractivity contribution < 1.29 is 23.4 Å². The number of nitrogens with zero attached hydrogens (tertiary/aromatic N) is 3. The zero-order valence-corrected chi connectivity index (χ0v) is 19.8. The lowest BCUT2D eigenvalue weighted by Crippen LogP contribution is -2.36. The Morgan fingerprint density at radius 3 is 2.60 bits per heavy atom. The average molecular weight is 474 g/mol. The van der Waals surface area contributed by atoms with Crippen LogP contribution in [0.25, 0.3) is 33.6 Å². The number of ether oxygens (including phenoxy) is 3. The lowest BCUT2D eigenvalue weighted by Gasteiger charge is -2.24. The largest absolute Gasteiger partial charge is 0.497 e. The Bertz CT molecular complexity index is 1300. The first kappa shape index (κ1) is 22.9. The van der Waals surface area contributed by atoms with Gasteiger partial charge in [-0.25, -0.2) is 9.97 Å². The molecule has 1 aliphatic rings. The number of benzene rings is 2. The summed E-state index contributed by atoms with van der Waals surface area (Å²) in [6.45, 7) is 1.42. The molecule has 5 rings (SSSR count). The van der Waals surface area contributed by atoms with Crippen molar-refractivity contribution in [1.29, 1.82) is 0 Å². The normalized spacial score (nSPS) is 15.9. The Kier molecular flexibility index (Phi) is 6.63. The van der Waals surface area contributed by atoms with E-state index in [1.165, 1.54) is 13.4 Å². The van der Waals surface area contributed by atoms with Crippen molar-refractivity contribution in [2.75, 3.05) is 27.3 Å². The maximum absolute atomic E-state index is 11.7. The Balaban J connectivity index is 1.57. The van der Waals surface area contributed by atoms with Gasteiger partial charge in [0, 0.05) is 24.2 Å².